The molecule has 27 heavy (non-hydrogen) atoms. The number of ether oxygens (including phenoxy) is 1. The molecule has 3 unspecified atom stereocenters. The molecule has 1 aliphatic rings. The number of carbonyl (C=O) groups excluding carboxylic acids is 1. The Balaban J connectivity index is 1.97. The molecule has 0 aliphatic carbocycles. The summed E-state index contributed by atoms with van der Waals surface area (Å²) in [5, 5.41) is 8.07. The summed E-state index contributed by atoms with van der Waals surface area (Å²) in [6, 6.07) is 6.85. The first-order valence-electron chi connectivity index (χ1n) is 9.30. The second-order valence-electron chi connectivity index (χ2n) is 7.74. The zero-order valence-corrected chi connectivity index (χ0v) is 17.3. The predicted octanol–water partition coefficient (Wildman–Crippen LogP) is 1.23. The van der Waals surface area contributed by atoms with E-state index < -0.39 is 10.0 Å². The van der Waals surface area contributed by atoms with Crippen molar-refractivity contribution in [3.63, 3.8) is 0 Å². The van der Waals surface area contributed by atoms with Crippen LogP contribution in [0.2, 0.25) is 0 Å². The van der Waals surface area contributed by atoms with Crippen molar-refractivity contribution in [2.75, 3.05) is 13.1 Å². The summed E-state index contributed by atoms with van der Waals surface area (Å²) >= 11 is 0. The predicted molar refractivity (Wildman–Crippen MR) is 105 cm³/mol. The molecule has 0 spiro atoms. The van der Waals surface area contributed by atoms with Crippen LogP contribution in [0.1, 0.15) is 38.8 Å². The quantitative estimate of drug-likeness (QED) is 0.720. The third kappa shape index (κ3) is 6.88. The molecular formula is C19H31N3O4S. The van der Waals surface area contributed by atoms with Crippen LogP contribution in [0.3, 0.4) is 0 Å². The van der Waals surface area contributed by atoms with Crippen molar-refractivity contribution in [3.8, 4) is 0 Å². The molecule has 0 saturated carbocycles. The summed E-state index contributed by atoms with van der Waals surface area (Å²) < 4.78 is 28.1. The van der Waals surface area contributed by atoms with E-state index in [0.717, 1.165) is 18.7 Å². The van der Waals surface area contributed by atoms with E-state index in [9.17, 15) is 13.2 Å². The third-order valence-electron chi connectivity index (χ3n) is 4.60. The Kier molecular flexibility index (Phi) is 7.39. The highest BCUT2D eigenvalue weighted by molar-refractivity contribution is 7.88. The molecule has 152 valence electrons. The highest BCUT2D eigenvalue weighted by Gasteiger charge is 2.33. The Morgan fingerprint density at radius 3 is 2.19 bits per heavy atom. The van der Waals surface area contributed by atoms with Gasteiger partial charge >= 0.3 is 0 Å². The van der Waals surface area contributed by atoms with Crippen molar-refractivity contribution >= 4 is 15.9 Å². The van der Waals surface area contributed by atoms with Gasteiger partial charge in [-0.05, 0) is 30.9 Å². The van der Waals surface area contributed by atoms with Gasteiger partial charge in [0.25, 0.3) is 0 Å². The number of hydrogen-bond donors (Lipinski definition) is 2. The van der Waals surface area contributed by atoms with Gasteiger partial charge in [0.1, 0.15) is 0 Å². The van der Waals surface area contributed by atoms with Crippen LogP contribution in [0.15, 0.2) is 24.3 Å². The van der Waals surface area contributed by atoms with Gasteiger partial charge in [0.05, 0.1) is 24.0 Å². The molecule has 2 rings (SSSR count). The molecule has 1 heterocycles. The van der Waals surface area contributed by atoms with Gasteiger partial charge in [-0.25, -0.2) is 13.6 Å². The molecule has 1 aromatic rings. The number of primary sulfonamides is 1. The lowest BCUT2D eigenvalue weighted by Crippen LogP contribution is -2.56. The molecule has 8 heteroatoms. The fraction of sp³-hybridized carbons (Fsp3) is 0.632. The lowest BCUT2D eigenvalue weighted by atomic mass is 9.99. The van der Waals surface area contributed by atoms with Crippen molar-refractivity contribution in [2.45, 2.75) is 58.2 Å². The van der Waals surface area contributed by atoms with Crippen LogP contribution < -0.4 is 10.5 Å². The van der Waals surface area contributed by atoms with Crippen LogP contribution in [0.4, 0.5) is 0 Å². The monoisotopic (exact) mass is 397 g/mol. The van der Waals surface area contributed by atoms with Gasteiger partial charge in [0.2, 0.25) is 15.9 Å². The maximum Gasteiger partial charge on any atom is 0.237 e. The Bertz CT molecular complexity index is 724. The minimum Gasteiger partial charge on any atom is -0.373 e. The summed E-state index contributed by atoms with van der Waals surface area (Å²) in [7, 11) is -3.54. The Labute approximate surface area is 162 Å². The molecule has 1 aromatic carbocycles. The number of amides is 1. The summed E-state index contributed by atoms with van der Waals surface area (Å²) in [5.41, 5.74) is 1.54. The van der Waals surface area contributed by atoms with E-state index in [2.05, 4.69) is 24.1 Å². The highest BCUT2D eigenvalue weighted by atomic mass is 32.2. The topological polar surface area (TPSA) is 102 Å². The van der Waals surface area contributed by atoms with E-state index in [4.69, 9.17) is 9.88 Å². The maximum absolute atomic E-state index is 12.8. The van der Waals surface area contributed by atoms with Gasteiger partial charge in [-0.3, -0.25) is 9.69 Å². The number of sulfonamides is 1. The SMILES string of the molecule is CC1CN(C(C(=O)NCc2ccc(CS(N)(=O)=O)cc2)C(C)C)CC(C)O1. The Morgan fingerprint density at radius 2 is 1.70 bits per heavy atom. The van der Waals surface area contributed by atoms with Gasteiger partial charge in [-0.1, -0.05) is 38.1 Å². The number of rotatable bonds is 7. The van der Waals surface area contributed by atoms with Gasteiger partial charge in [0, 0.05) is 19.6 Å². The fourth-order valence-corrected chi connectivity index (χ4v) is 4.27. The maximum atomic E-state index is 12.8. The summed E-state index contributed by atoms with van der Waals surface area (Å²) in [6.45, 7) is 10.0. The van der Waals surface area contributed by atoms with Crippen molar-refractivity contribution in [2.24, 2.45) is 11.1 Å². The van der Waals surface area contributed by atoms with Crippen molar-refractivity contribution in [3.05, 3.63) is 35.4 Å². The van der Waals surface area contributed by atoms with E-state index in [0.29, 0.717) is 12.1 Å². The molecule has 0 aromatic heterocycles. The van der Waals surface area contributed by atoms with E-state index in [1.165, 1.54) is 0 Å². The van der Waals surface area contributed by atoms with Gasteiger partial charge < -0.3 is 10.1 Å². The molecule has 1 saturated heterocycles. The molecule has 1 aliphatic heterocycles. The van der Waals surface area contributed by atoms with Crippen molar-refractivity contribution in [1.82, 2.24) is 10.2 Å². The fourth-order valence-electron chi connectivity index (χ4n) is 3.61. The molecule has 3 N–H and O–H groups in total. The lowest BCUT2D eigenvalue weighted by Gasteiger charge is -2.41. The zero-order valence-electron chi connectivity index (χ0n) is 16.5. The summed E-state index contributed by atoms with van der Waals surface area (Å²) in [4.78, 5) is 15.0. The third-order valence-corrected chi connectivity index (χ3v) is 5.33. The number of benzene rings is 1. The first-order valence-corrected chi connectivity index (χ1v) is 11.0. The first kappa shape index (κ1) is 21.8. The van der Waals surface area contributed by atoms with Crippen LogP contribution in [0, 0.1) is 5.92 Å². The number of nitrogens with zero attached hydrogens (tertiary/aromatic N) is 1. The van der Waals surface area contributed by atoms with Crippen LogP contribution in [0.25, 0.3) is 0 Å². The van der Waals surface area contributed by atoms with E-state index in [1.54, 1.807) is 12.1 Å². The molecule has 0 radical (unpaired) electrons. The average Bonchev–Trinajstić information content (AvgIpc) is 2.51. The van der Waals surface area contributed by atoms with Gasteiger partial charge in [-0.15, -0.1) is 0 Å². The van der Waals surface area contributed by atoms with Crippen LogP contribution in [-0.4, -0.2) is 50.6 Å². The molecule has 1 amide bonds. The number of nitrogens with two attached hydrogens (primary N) is 1. The lowest BCUT2D eigenvalue weighted by molar-refractivity contribution is -0.135. The van der Waals surface area contributed by atoms with Crippen LogP contribution in [-0.2, 0) is 31.9 Å². The second kappa shape index (κ2) is 9.14. The van der Waals surface area contributed by atoms with Gasteiger partial charge in [-0.2, -0.15) is 0 Å². The highest BCUT2D eigenvalue weighted by Crippen LogP contribution is 2.19. The summed E-state index contributed by atoms with van der Waals surface area (Å²) in [6.07, 6.45) is 0.211. The largest absolute Gasteiger partial charge is 0.373 e. The number of morpholine rings is 1. The molecule has 3 atom stereocenters. The minimum atomic E-state index is -3.54. The molecule has 7 nitrogen and oxygen atoms in total. The normalized spacial score (nSPS) is 22.6. The van der Waals surface area contributed by atoms with Gasteiger partial charge in [0.15, 0.2) is 0 Å². The standard InChI is InChI=1S/C19H31N3O4S/c1-13(2)18(22-10-14(3)26-15(4)11-22)19(23)21-9-16-5-7-17(8-6-16)12-27(20,24)25/h5-8,13-15,18H,9-12H2,1-4H3,(H,21,23)(H2,20,24,25). The Hall–Kier alpha value is -1.48. The second-order valence-corrected chi connectivity index (χ2v) is 9.36. The van der Waals surface area contributed by atoms with Crippen molar-refractivity contribution < 1.29 is 17.9 Å². The number of carbonyl (C=O) groups is 1. The smallest absolute Gasteiger partial charge is 0.237 e. The molecular weight excluding hydrogens is 366 g/mol. The molecule has 0 bridgehead atoms. The van der Waals surface area contributed by atoms with Crippen LogP contribution >= 0.6 is 0 Å². The Morgan fingerprint density at radius 1 is 1.19 bits per heavy atom. The number of hydrogen-bond acceptors (Lipinski definition) is 5. The van der Waals surface area contributed by atoms with E-state index in [-0.39, 0.29) is 35.8 Å². The van der Waals surface area contributed by atoms with E-state index >= 15 is 0 Å². The van der Waals surface area contributed by atoms with Crippen molar-refractivity contribution in [1.29, 1.82) is 0 Å². The average molecular weight is 398 g/mol. The van der Waals surface area contributed by atoms with Crippen LogP contribution in [0.5, 0.6) is 0 Å². The minimum absolute atomic E-state index is 0.0000810. The summed E-state index contributed by atoms with van der Waals surface area (Å²) in [5.74, 6) is -0.0119. The first-order chi connectivity index (χ1) is 12.5. The zero-order chi connectivity index (χ0) is 20.2. The molecule has 1 fully saturated rings. The number of nitrogens with one attached hydrogen (secondary N) is 1. The van der Waals surface area contributed by atoms with E-state index in [1.807, 2.05) is 26.0 Å².